The van der Waals surface area contributed by atoms with E-state index in [1.54, 1.807) is 33.4 Å². The van der Waals surface area contributed by atoms with Gasteiger partial charge in [-0.1, -0.05) is 0 Å². The summed E-state index contributed by atoms with van der Waals surface area (Å²) in [7, 11) is 0. The van der Waals surface area contributed by atoms with Crippen molar-refractivity contribution in [2.45, 2.75) is 98.6 Å². The average molecular weight is 769 g/mol. The second-order valence-electron chi connectivity index (χ2n) is 16.2. The molecule has 0 aromatic heterocycles. The maximum Gasteiger partial charge on any atom is -1.00 e. The first-order valence-electron chi connectivity index (χ1n) is 18.1. The molecular formula is C46H54Cl2Zr. The summed E-state index contributed by atoms with van der Waals surface area (Å²) < 4.78 is 4.28. The van der Waals surface area contributed by atoms with Crippen molar-refractivity contribution in [3.05, 3.63) is 126 Å². The Hall–Kier alpha value is -2.18. The second kappa shape index (κ2) is 13.8. The maximum absolute atomic E-state index is 2.94. The molecule has 3 aliphatic rings. The Bertz CT molecular complexity index is 1850. The molecule has 3 heteroatoms. The third kappa shape index (κ3) is 5.83. The van der Waals surface area contributed by atoms with Crippen LogP contribution in [0.5, 0.6) is 0 Å². The van der Waals surface area contributed by atoms with E-state index >= 15 is 0 Å². The molecule has 2 atom stereocenters. The van der Waals surface area contributed by atoms with Gasteiger partial charge in [-0.3, -0.25) is 0 Å². The Balaban J connectivity index is 0.00000234. The fourth-order valence-corrected chi connectivity index (χ4v) is 28.8. The number of rotatable bonds is 6. The van der Waals surface area contributed by atoms with Gasteiger partial charge in [0.15, 0.2) is 0 Å². The van der Waals surface area contributed by atoms with Crippen LogP contribution in [0, 0.1) is 67.2 Å². The Morgan fingerprint density at radius 1 is 0.469 bits per heavy atom. The molecular weight excluding hydrogens is 715 g/mol. The molecule has 1 fully saturated rings. The molecule has 49 heavy (non-hydrogen) atoms. The van der Waals surface area contributed by atoms with E-state index in [2.05, 4.69) is 144 Å². The molecule has 0 saturated carbocycles. The quantitative estimate of drug-likeness (QED) is 0.192. The van der Waals surface area contributed by atoms with Gasteiger partial charge in [0.05, 0.1) is 0 Å². The summed E-state index contributed by atoms with van der Waals surface area (Å²) in [6.45, 7) is 28.7. The van der Waals surface area contributed by atoms with E-state index in [0.29, 0.717) is 19.1 Å². The van der Waals surface area contributed by atoms with Gasteiger partial charge in [0.25, 0.3) is 0 Å². The van der Waals surface area contributed by atoms with Crippen LogP contribution in [0.15, 0.2) is 59.7 Å². The molecule has 4 aromatic rings. The van der Waals surface area contributed by atoms with Crippen molar-refractivity contribution in [1.82, 2.24) is 0 Å². The van der Waals surface area contributed by atoms with Crippen LogP contribution in [0.4, 0.5) is 0 Å². The molecule has 1 saturated heterocycles. The molecule has 2 unspecified atom stereocenters. The summed E-state index contributed by atoms with van der Waals surface area (Å²) in [5.74, 6) is 1.09. The van der Waals surface area contributed by atoms with Crippen LogP contribution >= 0.6 is 0 Å². The van der Waals surface area contributed by atoms with Gasteiger partial charge in [-0.2, -0.15) is 0 Å². The molecule has 0 N–H and O–H groups in total. The van der Waals surface area contributed by atoms with E-state index in [0.717, 1.165) is 0 Å². The zero-order chi connectivity index (χ0) is 33.7. The molecule has 0 radical (unpaired) electrons. The first kappa shape index (κ1) is 38.1. The summed E-state index contributed by atoms with van der Waals surface area (Å²) in [4.78, 5) is 0. The van der Waals surface area contributed by atoms with Crippen molar-refractivity contribution in [2.24, 2.45) is 11.8 Å². The fourth-order valence-electron chi connectivity index (χ4n) is 10.2. The molecule has 4 aromatic carbocycles. The Morgan fingerprint density at radius 3 is 1.08 bits per heavy atom. The molecule has 1 aliphatic heterocycles. The third-order valence-corrected chi connectivity index (χ3v) is 25.0. The molecule has 256 valence electrons. The van der Waals surface area contributed by atoms with Gasteiger partial charge in [-0.05, 0) is 0 Å². The van der Waals surface area contributed by atoms with Crippen molar-refractivity contribution in [2.75, 3.05) is 0 Å². The standard InChI is InChI=1S/2C22H25.C2H4.2ClH.Zr/c2*1-13(2)18-11-19-16(5)10-17(6)22(20(19)12-18)21-14(3)8-7-9-15(21)4;1-2;;;/h2*7-13H,1-6H3;1-2H2;2*1H;/q;;;;;+2/p-2. The molecule has 2 aliphatic carbocycles. The second-order valence-corrected chi connectivity index (χ2v) is 27.5. The van der Waals surface area contributed by atoms with Crippen LogP contribution in [-0.2, 0) is 20.3 Å². The molecule has 1 heterocycles. The van der Waals surface area contributed by atoms with Gasteiger partial charge in [0.1, 0.15) is 0 Å². The van der Waals surface area contributed by atoms with Crippen molar-refractivity contribution in [3.63, 3.8) is 0 Å². The molecule has 0 spiro atoms. The predicted molar refractivity (Wildman–Crippen MR) is 202 cm³/mol. The van der Waals surface area contributed by atoms with Gasteiger partial charge in [-0.15, -0.1) is 0 Å². The number of fused-ring (bicyclic) bond motifs is 2. The van der Waals surface area contributed by atoms with Gasteiger partial charge in [-0.25, -0.2) is 0 Å². The zero-order valence-corrected chi connectivity index (χ0v) is 35.7. The average Bonchev–Trinajstić information content (AvgIpc) is 3.49. The minimum Gasteiger partial charge on any atom is -1.00 e. The minimum atomic E-state index is -2.94. The van der Waals surface area contributed by atoms with E-state index in [1.807, 2.05) is 0 Å². The van der Waals surface area contributed by atoms with Crippen LogP contribution in [0.2, 0.25) is 8.26 Å². The molecule has 0 amide bonds. The van der Waals surface area contributed by atoms with Crippen molar-refractivity contribution in [1.29, 1.82) is 0 Å². The van der Waals surface area contributed by atoms with Gasteiger partial charge in [0.2, 0.25) is 0 Å². The maximum atomic E-state index is 2.71. The van der Waals surface area contributed by atoms with E-state index in [-0.39, 0.29) is 24.8 Å². The minimum absolute atomic E-state index is 0. The van der Waals surface area contributed by atoms with Crippen molar-refractivity contribution >= 4 is 12.2 Å². The zero-order valence-electron chi connectivity index (χ0n) is 31.8. The first-order valence-corrected chi connectivity index (χ1v) is 24.4. The van der Waals surface area contributed by atoms with Crippen LogP contribution in [0.1, 0.15) is 102 Å². The summed E-state index contributed by atoms with van der Waals surface area (Å²) in [6, 6.07) is 18.8. The van der Waals surface area contributed by atoms with E-state index in [1.165, 1.54) is 75.0 Å². The predicted octanol–water partition coefficient (Wildman–Crippen LogP) is 7.39. The van der Waals surface area contributed by atoms with Crippen LogP contribution < -0.4 is 24.8 Å². The summed E-state index contributed by atoms with van der Waals surface area (Å²) in [6.07, 6.45) is 5.42. The number of halogens is 2. The van der Waals surface area contributed by atoms with E-state index in [9.17, 15) is 0 Å². The smallest absolute Gasteiger partial charge is 1.00 e. The Kier molecular flexibility index (Phi) is 10.7. The normalized spacial score (nSPS) is 17.8. The fraction of sp³-hybridized carbons (Fsp3) is 0.391. The first-order chi connectivity index (χ1) is 22.3. The topological polar surface area (TPSA) is 0 Å². The van der Waals surface area contributed by atoms with Crippen LogP contribution in [-0.4, -0.2) is 0 Å². The number of benzene rings is 4. The van der Waals surface area contributed by atoms with Crippen LogP contribution in [0.25, 0.3) is 34.4 Å². The number of allylic oxidation sites excluding steroid dienone is 2. The van der Waals surface area contributed by atoms with Crippen molar-refractivity contribution in [3.8, 4) is 22.3 Å². The number of aryl methyl sites for hydroxylation is 8. The molecule has 7 rings (SSSR count). The molecule has 0 bridgehead atoms. The van der Waals surface area contributed by atoms with E-state index in [4.69, 9.17) is 0 Å². The third-order valence-electron chi connectivity index (χ3n) is 12.3. The summed E-state index contributed by atoms with van der Waals surface area (Å²) in [5, 5.41) is 0. The monoisotopic (exact) mass is 766 g/mol. The Labute approximate surface area is 314 Å². The van der Waals surface area contributed by atoms with Gasteiger partial charge < -0.3 is 24.8 Å². The van der Waals surface area contributed by atoms with E-state index < -0.39 is 20.3 Å². The van der Waals surface area contributed by atoms with Gasteiger partial charge in [0, 0.05) is 0 Å². The largest absolute Gasteiger partial charge is 1.00 e. The SMILES string of the molecule is Cc1cccc(C)c1-c1c(C)cc(C)c2c1C=C(C(C)C)[CH]2[Zr+2]1([CH]2C(C(C)C)=Cc3c(-c4c(C)cccc4C)c(C)cc(C)c32)[CH2][CH2]1.[Cl-].[Cl-]. The number of hydrogen-bond acceptors (Lipinski definition) is 0. The summed E-state index contributed by atoms with van der Waals surface area (Å²) in [5.41, 5.74) is 27.4. The van der Waals surface area contributed by atoms with Crippen LogP contribution in [0.3, 0.4) is 0 Å². The van der Waals surface area contributed by atoms with Crippen molar-refractivity contribution < 1.29 is 45.1 Å². The Morgan fingerprint density at radius 2 is 0.796 bits per heavy atom. The van der Waals surface area contributed by atoms with Gasteiger partial charge >= 0.3 is 292 Å². The molecule has 0 nitrogen and oxygen atoms in total. The summed E-state index contributed by atoms with van der Waals surface area (Å²) >= 11 is -2.94. The number of hydrogen-bond donors (Lipinski definition) is 0.